The van der Waals surface area contributed by atoms with Crippen LogP contribution in [-0.2, 0) is 14.3 Å². The lowest BCUT2D eigenvalue weighted by Crippen LogP contribution is -2.57. The number of hydrogen-bond donors (Lipinski definition) is 1. The number of rotatable bonds is 7. The van der Waals surface area contributed by atoms with E-state index in [2.05, 4.69) is 11.9 Å². The summed E-state index contributed by atoms with van der Waals surface area (Å²) in [6, 6.07) is -0.158. The van der Waals surface area contributed by atoms with Crippen molar-refractivity contribution in [3.63, 3.8) is 0 Å². The maximum atomic E-state index is 12.4. The first-order valence-electron chi connectivity index (χ1n) is 6.34. The zero-order chi connectivity index (χ0) is 13.7. The van der Waals surface area contributed by atoms with Gasteiger partial charge in [0.05, 0.1) is 6.04 Å². The predicted molar refractivity (Wildman–Crippen MR) is 69.6 cm³/mol. The Morgan fingerprint density at radius 2 is 2.11 bits per heavy atom. The number of ether oxygens (including phenoxy) is 2. The van der Waals surface area contributed by atoms with Crippen LogP contribution in [0.5, 0.6) is 0 Å². The molecule has 0 bridgehead atoms. The molecule has 18 heavy (non-hydrogen) atoms. The van der Waals surface area contributed by atoms with Gasteiger partial charge in [0.1, 0.15) is 0 Å². The van der Waals surface area contributed by atoms with Crippen molar-refractivity contribution in [1.29, 1.82) is 0 Å². The summed E-state index contributed by atoms with van der Waals surface area (Å²) in [5.41, 5.74) is 0. The van der Waals surface area contributed by atoms with Gasteiger partial charge in [0.25, 0.3) is 0 Å². The molecule has 0 aliphatic carbocycles. The van der Waals surface area contributed by atoms with E-state index in [0.717, 1.165) is 6.42 Å². The minimum absolute atomic E-state index is 0.0541. The van der Waals surface area contributed by atoms with Crippen molar-refractivity contribution in [2.75, 3.05) is 13.8 Å². The first-order valence-corrected chi connectivity index (χ1v) is 6.34. The van der Waals surface area contributed by atoms with Crippen LogP contribution in [0, 0.1) is 5.92 Å². The fourth-order valence-corrected chi connectivity index (χ4v) is 1.76. The summed E-state index contributed by atoms with van der Waals surface area (Å²) in [5, 5.41) is 3.07. The van der Waals surface area contributed by atoms with Gasteiger partial charge in [0.2, 0.25) is 12.3 Å². The molecule has 1 fully saturated rings. The van der Waals surface area contributed by atoms with E-state index in [1.807, 2.05) is 33.9 Å². The van der Waals surface area contributed by atoms with E-state index < -0.39 is 6.41 Å². The molecule has 104 valence electrons. The lowest BCUT2D eigenvalue weighted by atomic mass is 10.0. The summed E-state index contributed by atoms with van der Waals surface area (Å²) in [7, 11) is 1.82. The van der Waals surface area contributed by atoms with Crippen LogP contribution in [0.4, 0.5) is 0 Å². The largest absolute Gasteiger partial charge is 0.341 e. The Labute approximate surface area is 109 Å². The summed E-state index contributed by atoms with van der Waals surface area (Å²) in [5.74, 6) is 0.224. The summed E-state index contributed by atoms with van der Waals surface area (Å²) in [4.78, 5) is 14.1. The van der Waals surface area contributed by atoms with E-state index in [1.54, 1.807) is 4.90 Å². The van der Waals surface area contributed by atoms with Crippen LogP contribution in [-0.4, -0.2) is 43.1 Å². The standard InChI is InChI=1S/C13H24N2O3/c1-6-7-10(4)15(5)12(16)11(9(2)3)14-13-17-8-18-13/h6,9-11,13-14H,1,7-8H2,2-5H3/t10-,11+/m1/s1. The van der Waals surface area contributed by atoms with Gasteiger partial charge in [-0.1, -0.05) is 19.9 Å². The highest BCUT2D eigenvalue weighted by atomic mass is 16.9. The van der Waals surface area contributed by atoms with Crippen molar-refractivity contribution < 1.29 is 14.3 Å². The second-order valence-corrected chi connectivity index (χ2v) is 4.99. The van der Waals surface area contributed by atoms with Crippen LogP contribution >= 0.6 is 0 Å². The molecule has 0 unspecified atom stereocenters. The molecule has 1 aliphatic heterocycles. The van der Waals surface area contributed by atoms with Crippen LogP contribution in [0.25, 0.3) is 0 Å². The number of nitrogens with zero attached hydrogens (tertiary/aromatic N) is 1. The Kier molecular flexibility index (Phi) is 5.78. The zero-order valence-electron chi connectivity index (χ0n) is 11.7. The average molecular weight is 256 g/mol. The fraction of sp³-hybridized carbons (Fsp3) is 0.769. The molecule has 0 saturated carbocycles. The summed E-state index contributed by atoms with van der Waals surface area (Å²) in [6.07, 6.45) is 2.15. The third-order valence-corrected chi connectivity index (χ3v) is 3.20. The average Bonchev–Trinajstić information content (AvgIpc) is 2.25. The maximum absolute atomic E-state index is 12.4. The van der Waals surface area contributed by atoms with Crippen LogP contribution < -0.4 is 5.32 Å². The second-order valence-electron chi connectivity index (χ2n) is 4.99. The van der Waals surface area contributed by atoms with Gasteiger partial charge in [-0.15, -0.1) is 6.58 Å². The SMILES string of the molecule is C=CC[C@@H](C)N(C)C(=O)[C@@H](NC1OCO1)C(C)C. The van der Waals surface area contributed by atoms with E-state index >= 15 is 0 Å². The van der Waals surface area contributed by atoms with Crippen molar-refractivity contribution in [1.82, 2.24) is 10.2 Å². The Hall–Kier alpha value is -0.910. The molecule has 5 heteroatoms. The van der Waals surface area contributed by atoms with Crippen molar-refractivity contribution >= 4 is 5.91 Å². The third kappa shape index (κ3) is 3.80. The maximum Gasteiger partial charge on any atom is 0.240 e. The van der Waals surface area contributed by atoms with E-state index in [4.69, 9.17) is 9.47 Å². The van der Waals surface area contributed by atoms with Gasteiger partial charge in [0.15, 0.2) is 6.79 Å². The quantitative estimate of drug-likeness (QED) is 0.698. The molecule has 5 nitrogen and oxygen atoms in total. The fourth-order valence-electron chi connectivity index (χ4n) is 1.76. The topological polar surface area (TPSA) is 50.8 Å². The highest BCUT2D eigenvalue weighted by Crippen LogP contribution is 2.13. The van der Waals surface area contributed by atoms with Gasteiger partial charge in [-0.2, -0.15) is 0 Å². The minimum Gasteiger partial charge on any atom is -0.341 e. The molecule has 0 aromatic carbocycles. The molecule has 0 aromatic heterocycles. The van der Waals surface area contributed by atoms with Gasteiger partial charge in [0, 0.05) is 13.1 Å². The first kappa shape index (κ1) is 15.1. The molecule has 0 aromatic rings. The molecule has 1 aliphatic rings. The summed E-state index contributed by atoms with van der Waals surface area (Å²) in [6.45, 7) is 10.00. The number of amides is 1. The van der Waals surface area contributed by atoms with E-state index in [9.17, 15) is 4.79 Å². The van der Waals surface area contributed by atoms with Gasteiger partial charge in [-0.3, -0.25) is 10.1 Å². The molecule has 1 N–H and O–H groups in total. The normalized spacial score (nSPS) is 19.2. The van der Waals surface area contributed by atoms with Crippen LogP contribution in [0.15, 0.2) is 12.7 Å². The van der Waals surface area contributed by atoms with Gasteiger partial charge in [-0.05, 0) is 19.3 Å². The van der Waals surface area contributed by atoms with E-state index in [0.29, 0.717) is 6.79 Å². The van der Waals surface area contributed by atoms with Crippen molar-refractivity contribution in [2.24, 2.45) is 5.92 Å². The van der Waals surface area contributed by atoms with Gasteiger partial charge >= 0.3 is 0 Å². The third-order valence-electron chi connectivity index (χ3n) is 3.20. The van der Waals surface area contributed by atoms with Gasteiger partial charge in [-0.25, -0.2) is 0 Å². The highest BCUT2D eigenvalue weighted by molar-refractivity contribution is 5.82. The van der Waals surface area contributed by atoms with Crippen molar-refractivity contribution in [2.45, 2.75) is 45.7 Å². The highest BCUT2D eigenvalue weighted by Gasteiger charge is 2.31. The van der Waals surface area contributed by atoms with Crippen LogP contribution in [0.3, 0.4) is 0 Å². The van der Waals surface area contributed by atoms with Crippen molar-refractivity contribution in [3.05, 3.63) is 12.7 Å². The Balaban J connectivity index is 2.59. The number of carbonyl (C=O) groups is 1. The Bertz CT molecular complexity index is 290. The predicted octanol–water partition coefficient (Wildman–Crippen LogP) is 1.31. The summed E-state index contributed by atoms with van der Waals surface area (Å²) >= 11 is 0. The smallest absolute Gasteiger partial charge is 0.240 e. The molecule has 1 rings (SSSR count). The molecule has 0 spiro atoms. The monoisotopic (exact) mass is 256 g/mol. The van der Waals surface area contributed by atoms with E-state index in [1.165, 1.54) is 0 Å². The Morgan fingerprint density at radius 1 is 1.50 bits per heavy atom. The molecule has 1 amide bonds. The lowest BCUT2D eigenvalue weighted by Gasteiger charge is -2.35. The second kappa shape index (κ2) is 6.87. The number of carbonyl (C=O) groups excluding carboxylic acids is 1. The lowest BCUT2D eigenvalue weighted by molar-refractivity contribution is -0.335. The molecular formula is C13H24N2O3. The first-order chi connectivity index (χ1) is 8.47. The summed E-state index contributed by atoms with van der Waals surface area (Å²) < 4.78 is 10.3. The van der Waals surface area contributed by atoms with Crippen LogP contribution in [0.2, 0.25) is 0 Å². The van der Waals surface area contributed by atoms with E-state index in [-0.39, 0.29) is 23.9 Å². The number of likely N-dealkylation sites (N-methyl/N-ethyl adjacent to an activating group) is 1. The Morgan fingerprint density at radius 3 is 2.50 bits per heavy atom. The molecule has 1 saturated heterocycles. The molecule has 0 radical (unpaired) electrons. The molecular weight excluding hydrogens is 232 g/mol. The molecule has 1 heterocycles. The number of nitrogens with one attached hydrogen (secondary N) is 1. The molecule has 2 atom stereocenters. The van der Waals surface area contributed by atoms with Gasteiger partial charge < -0.3 is 14.4 Å². The zero-order valence-corrected chi connectivity index (χ0v) is 11.7. The van der Waals surface area contributed by atoms with Crippen molar-refractivity contribution in [3.8, 4) is 0 Å². The number of hydrogen-bond acceptors (Lipinski definition) is 4. The van der Waals surface area contributed by atoms with Crippen LogP contribution in [0.1, 0.15) is 27.2 Å². The minimum atomic E-state index is -0.454.